The van der Waals surface area contributed by atoms with Crippen LogP contribution in [-0.4, -0.2) is 29.9 Å². The third kappa shape index (κ3) is 6.17. The van der Waals surface area contributed by atoms with Crippen molar-refractivity contribution < 1.29 is 18.7 Å². The molecule has 3 rings (SSSR count). The minimum Gasteiger partial charge on any atom is -0.497 e. The average molecular weight is 435 g/mol. The predicted molar refractivity (Wildman–Crippen MR) is 123 cm³/mol. The SMILES string of the molecule is CCC(C(=O)Nc1ccc(OC)cc1)N(Cc1ccc(F)cc1)C(=O)Cc1ccccc1. The zero-order valence-corrected chi connectivity index (χ0v) is 18.3. The standard InChI is InChI=1S/C26H27FN2O3/c1-3-24(26(31)28-22-13-15-23(32-2)16-14-22)29(18-20-9-11-21(27)12-10-20)25(30)17-19-7-5-4-6-8-19/h4-16,24H,3,17-18H2,1-2H3,(H,28,31). The maximum atomic E-state index is 13.4. The molecule has 1 atom stereocenters. The highest BCUT2D eigenvalue weighted by atomic mass is 19.1. The molecule has 1 unspecified atom stereocenters. The molecule has 0 aliphatic carbocycles. The summed E-state index contributed by atoms with van der Waals surface area (Å²) in [6.45, 7) is 2.08. The smallest absolute Gasteiger partial charge is 0.247 e. The summed E-state index contributed by atoms with van der Waals surface area (Å²) < 4.78 is 18.5. The monoisotopic (exact) mass is 434 g/mol. The Bertz CT molecular complexity index is 1020. The van der Waals surface area contributed by atoms with Gasteiger partial charge in [-0.15, -0.1) is 0 Å². The molecule has 0 saturated carbocycles. The molecule has 3 aromatic carbocycles. The highest BCUT2D eigenvalue weighted by Gasteiger charge is 2.28. The van der Waals surface area contributed by atoms with Crippen molar-refractivity contribution in [3.8, 4) is 5.75 Å². The van der Waals surface area contributed by atoms with E-state index in [0.717, 1.165) is 11.1 Å². The summed E-state index contributed by atoms with van der Waals surface area (Å²) in [6, 6.07) is 21.7. The van der Waals surface area contributed by atoms with Gasteiger partial charge in [0.1, 0.15) is 17.6 Å². The molecule has 166 valence electrons. The number of benzene rings is 3. The summed E-state index contributed by atoms with van der Waals surface area (Å²) in [5.74, 6) is -0.107. The van der Waals surface area contributed by atoms with Crippen LogP contribution >= 0.6 is 0 Å². The van der Waals surface area contributed by atoms with E-state index in [9.17, 15) is 14.0 Å². The van der Waals surface area contributed by atoms with Crippen molar-refractivity contribution in [2.75, 3.05) is 12.4 Å². The van der Waals surface area contributed by atoms with Crippen LogP contribution in [0, 0.1) is 5.82 Å². The number of amides is 2. The number of hydrogen-bond donors (Lipinski definition) is 1. The number of carbonyl (C=O) groups is 2. The second-order valence-corrected chi connectivity index (χ2v) is 7.45. The number of nitrogens with zero attached hydrogens (tertiary/aromatic N) is 1. The predicted octanol–water partition coefficient (Wildman–Crippen LogP) is 4.82. The van der Waals surface area contributed by atoms with E-state index in [1.165, 1.54) is 12.1 Å². The third-order valence-electron chi connectivity index (χ3n) is 5.21. The second kappa shape index (κ2) is 11.1. The Kier molecular flexibility index (Phi) is 7.97. The first-order valence-electron chi connectivity index (χ1n) is 10.5. The number of anilines is 1. The van der Waals surface area contributed by atoms with Crippen molar-refractivity contribution in [2.45, 2.75) is 32.4 Å². The topological polar surface area (TPSA) is 58.6 Å². The van der Waals surface area contributed by atoms with E-state index in [1.807, 2.05) is 37.3 Å². The van der Waals surface area contributed by atoms with Gasteiger partial charge in [-0.05, 0) is 53.9 Å². The van der Waals surface area contributed by atoms with Crippen LogP contribution in [0.5, 0.6) is 5.75 Å². The number of rotatable bonds is 9. The Labute approximate surface area is 187 Å². The molecule has 5 nitrogen and oxygen atoms in total. The molecule has 0 aliphatic rings. The lowest BCUT2D eigenvalue weighted by atomic mass is 10.1. The van der Waals surface area contributed by atoms with E-state index >= 15 is 0 Å². The first-order chi connectivity index (χ1) is 15.5. The average Bonchev–Trinajstić information content (AvgIpc) is 2.81. The first kappa shape index (κ1) is 23.0. The maximum absolute atomic E-state index is 13.4. The third-order valence-corrected chi connectivity index (χ3v) is 5.21. The van der Waals surface area contributed by atoms with Gasteiger partial charge in [-0.2, -0.15) is 0 Å². The summed E-state index contributed by atoms with van der Waals surface area (Å²) >= 11 is 0. The van der Waals surface area contributed by atoms with Crippen LogP contribution in [0.3, 0.4) is 0 Å². The van der Waals surface area contributed by atoms with Gasteiger partial charge in [0.2, 0.25) is 11.8 Å². The number of halogens is 1. The van der Waals surface area contributed by atoms with Gasteiger partial charge in [-0.25, -0.2) is 4.39 Å². The number of nitrogens with one attached hydrogen (secondary N) is 1. The van der Waals surface area contributed by atoms with E-state index in [2.05, 4.69) is 5.32 Å². The van der Waals surface area contributed by atoms with Gasteiger partial charge >= 0.3 is 0 Å². The van der Waals surface area contributed by atoms with Crippen LogP contribution < -0.4 is 10.1 Å². The number of ether oxygens (including phenoxy) is 1. The Morgan fingerprint density at radius 3 is 2.19 bits per heavy atom. The first-order valence-corrected chi connectivity index (χ1v) is 10.5. The second-order valence-electron chi connectivity index (χ2n) is 7.45. The summed E-state index contributed by atoms with van der Waals surface area (Å²) in [4.78, 5) is 28.0. The minimum atomic E-state index is -0.682. The van der Waals surface area contributed by atoms with Crippen LogP contribution in [0.2, 0.25) is 0 Å². The van der Waals surface area contributed by atoms with Crippen molar-refractivity contribution in [1.29, 1.82) is 0 Å². The minimum absolute atomic E-state index is 0.169. The van der Waals surface area contributed by atoms with Crippen molar-refractivity contribution in [3.63, 3.8) is 0 Å². The molecule has 6 heteroatoms. The molecule has 2 amide bonds. The van der Waals surface area contributed by atoms with Crippen LogP contribution in [0.1, 0.15) is 24.5 Å². The highest BCUT2D eigenvalue weighted by molar-refractivity contribution is 5.97. The summed E-state index contributed by atoms with van der Waals surface area (Å²) in [5.41, 5.74) is 2.24. The van der Waals surface area contributed by atoms with Gasteiger partial charge in [-0.1, -0.05) is 49.4 Å². The van der Waals surface area contributed by atoms with Crippen molar-refractivity contribution in [1.82, 2.24) is 4.90 Å². The molecular weight excluding hydrogens is 407 g/mol. The van der Waals surface area contributed by atoms with E-state index < -0.39 is 6.04 Å². The Balaban J connectivity index is 1.82. The van der Waals surface area contributed by atoms with Crippen molar-refractivity contribution in [3.05, 3.63) is 95.8 Å². The largest absolute Gasteiger partial charge is 0.497 e. The molecule has 3 aromatic rings. The van der Waals surface area contributed by atoms with Gasteiger partial charge in [0.25, 0.3) is 0 Å². The lowest BCUT2D eigenvalue weighted by Crippen LogP contribution is -2.47. The summed E-state index contributed by atoms with van der Waals surface area (Å²) in [7, 11) is 1.58. The van der Waals surface area contributed by atoms with E-state index in [4.69, 9.17) is 4.74 Å². The normalized spacial score (nSPS) is 11.5. The van der Waals surface area contributed by atoms with Crippen LogP contribution in [0.4, 0.5) is 10.1 Å². The molecule has 0 radical (unpaired) electrons. The van der Waals surface area contributed by atoms with E-state index in [0.29, 0.717) is 17.9 Å². The fourth-order valence-corrected chi connectivity index (χ4v) is 3.48. The molecule has 0 bridgehead atoms. The summed E-state index contributed by atoms with van der Waals surface area (Å²) in [6.07, 6.45) is 0.609. The molecule has 0 spiro atoms. The Morgan fingerprint density at radius 1 is 0.938 bits per heavy atom. The van der Waals surface area contributed by atoms with Gasteiger partial charge < -0.3 is 15.0 Å². The van der Waals surface area contributed by atoms with Gasteiger partial charge in [-0.3, -0.25) is 9.59 Å². The van der Waals surface area contributed by atoms with Crippen LogP contribution in [0.15, 0.2) is 78.9 Å². The molecule has 0 fully saturated rings. The van der Waals surface area contributed by atoms with Crippen LogP contribution in [-0.2, 0) is 22.6 Å². The number of carbonyl (C=O) groups excluding carboxylic acids is 2. The quantitative estimate of drug-likeness (QED) is 0.525. The van der Waals surface area contributed by atoms with Gasteiger partial charge in [0.15, 0.2) is 0 Å². The fourth-order valence-electron chi connectivity index (χ4n) is 3.48. The maximum Gasteiger partial charge on any atom is 0.247 e. The molecular formula is C26H27FN2O3. The van der Waals surface area contributed by atoms with Crippen molar-refractivity contribution >= 4 is 17.5 Å². The van der Waals surface area contributed by atoms with Crippen molar-refractivity contribution in [2.24, 2.45) is 0 Å². The van der Waals surface area contributed by atoms with Gasteiger partial charge in [0.05, 0.1) is 13.5 Å². The zero-order valence-electron chi connectivity index (χ0n) is 18.3. The highest BCUT2D eigenvalue weighted by Crippen LogP contribution is 2.19. The van der Waals surface area contributed by atoms with E-state index in [-0.39, 0.29) is 30.6 Å². The lowest BCUT2D eigenvalue weighted by molar-refractivity contribution is -0.139. The van der Waals surface area contributed by atoms with Crippen LogP contribution in [0.25, 0.3) is 0 Å². The summed E-state index contributed by atoms with van der Waals surface area (Å²) in [5, 5.41) is 2.89. The molecule has 0 saturated heterocycles. The Hall–Kier alpha value is -3.67. The molecule has 0 aromatic heterocycles. The van der Waals surface area contributed by atoms with E-state index in [1.54, 1.807) is 48.4 Å². The number of methoxy groups -OCH3 is 1. The zero-order chi connectivity index (χ0) is 22.9. The molecule has 32 heavy (non-hydrogen) atoms. The fraction of sp³-hybridized carbons (Fsp3) is 0.231. The molecule has 0 heterocycles. The Morgan fingerprint density at radius 2 is 1.59 bits per heavy atom. The number of hydrogen-bond acceptors (Lipinski definition) is 3. The van der Waals surface area contributed by atoms with Gasteiger partial charge in [0, 0.05) is 12.2 Å². The molecule has 0 aliphatic heterocycles. The molecule has 1 N–H and O–H groups in total. The lowest BCUT2D eigenvalue weighted by Gasteiger charge is -2.31.